The van der Waals surface area contributed by atoms with Crippen molar-refractivity contribution >= 4 is 44.1 Å². The lowest BCUT2D eigenvalue weighted by molar-refractivity contribution is -0.116. The second-order valence-electron chi connectivity index (χ2n) is 7.02. The van der Waals surface area contributed by atoms with E-state index in [1.165, 1.54) is 6.92 Å². The molecule has 1 aromatic heterocycles. The monoisotopic (exact) mass is 440 g/mol. The number of hydrogen-bond donors (Lipinski definition) is 2. The molecule has 0 aliphatic rings. The molecule has 31 heavy (non-hydrogen) atoms. The first-order chi connectivity index (χ1) is 14.7. The summed E-state index contributed by atoms with van der Waals surface area (Å²) in [7, 11) is -3.92. The van der Waals surface area contributed by atoms with Crippen molar-refractivity contribution in [3.05, 3.63) is 60.3 Å². The summed E-state index contributed by atoms with van der Waals surface area (Å²) in [4.78, 5) is 28.0. The summed E-state index contributed by atoms with van der Waals surface area (Å²) in [6, 6.07) is 13.2. The molecule has 0 saturated heterocycles. The van der Waals surface area contributed by atoms with E-state index < -0.39 is 15.9 Å². The van der Waals surface area contributed by atoms with Crippen LogP contribution in [0.25, 0.3) is 10.9 Å². The minimum Gasteiger partial charge on any atom is -0.326 e. The van der Waals surface area contributed by atoms with E-state index in [9.17, 15) is 18.0 Å². The zero-order chi connectivity index (χ0) is 22.6. The van der Waals surface area contributed by atoms with Crippen LogP contribution in [0.3, 0.4) is 0 Å². The van der Waals surface area contributed by atoms with Gasteiger partial charge in [-0.2, -0.15) is 4.31 Å². The number of amides is 2. The maximum absolute atomic E-state index is 13.3. The number of carbonyl (C=O) groups excluding carboxylic acids is 2. The van der Waals surface area contributed by atoms with E-state index in [0.29, 0.717) is 22.3 Å². The highest BCUT2D eigenvalue weighted by molar-refractivity contribution is 7.89. The number of likely N-dealkylation sites (N-methyl/N-ethyl adjacent to an activating group) is 1. The highest BCUT2D eigenvalue weighted by Crippen LogP contribution is 2.27. The Bertz CT molecular complexity index is 1220. The van der Waals surface area contributed by atoms with Crippen molar-refractivity contribution in [3.63, 3.8) is 0 Å². The summed E-state index contributed by atoms with van der Waals surface area (Å²) in [5.74, 6) is -0.661. The Balaban J connectivity index is 1.80. The number of pyridine rings is 1. The number of benzene rings is 2. The second-order valence-corrected chi connectivity index (χ2v) is 8.92. The molecule has 2 aromatic carbocycles. The first-order valence-electron chi connectivity index (χ1n) is 9.74. The van der Waals surface area contributed by atoms with E-state index in [4.69, 9.17) is 0 Å². The average Bonchev–Trinajstić information content (AvgIpc) is 2.73. The highest BCUT2D eigenvalue weighted by Gasteiger charge is 2.27. The number of hydrogen-bond acceptors (Lipinski definition) is 5. The summed E-state index contributed by atoms with van der Waals surface area (Å²) in [5.41, 5.74) is 2.59. The molecule has 1 heterocycles. The van der Waals surface area contributed by atoms with Gasteiger partial charge >= 0.3 is 0 Å². The topological polar surface area (TPSA) is 108 Å². The van der Waals surface area contributed by atoms with Crippen LogP contribution in [0.5, 0.6) is 0 Å². The quantitative estimate of drug-likeness (QED) is 0.587. The van der Waals surface area contributed by atoms with Gasteiger partial charge in [0.25, 0.3) is 0 Å². The van der Waals surface area contributed by atoms with Crippen molar-refractivity contribution in [1.29, 1.82) is 0 Å². The van der Waals surface area contributed by atoms with E-state index in [2.05, 4.69) is 15.6 Å². The summed E-state index contributed by atoms with van der Waals surface area (Å²) in [6.07, 6.45) is 1.62. The Labute approximate surface area is 181 Å². The van der Waals surface area contributed by atoms with Gasteiger partial charge in [-0.1, -0.05) is 13.0 Å². The molecular formula is C22H24N4O4S. The number of anilines is 2. The van der Waals surface area contributed by atoms with Crippen LogP contribution >= 0.6 is 0 Å². The predicted octanol–water partition coefficient (Wildman–Crippen LogP) is 3.15. The van der Waals surface area contributed by atoms with Gasteiger partial charge < -0.3 is 10.6 Å². The molecule has 8 nitrogen and oxygen atoms in total. The molecule has 162 valence electrons. The molecular weight excluding hydrogens is 416 g/mol. The summed E-state index contributed by atoms with van der Waals surface area (Å²) >= 11 is 0. The van der Waals surface area contributed by atoms with Crippen LogP contribution in [0.2, 0.25) is 0 Å². The van der Waals surface area contributed by atoms with Crippen molar-refractivity contribution in [1.82, 2.24) is 9.29 Å². The lowest BCUT2D eigenvalue weighted by Gasteiger charge is -2.21. The Morgan fingerprint density at radius 2 is 1.65 bits per heavy atom. The van der Waals surface area contributed by atoms with Gasteiger partial charge in [0, 0.05) is 36.4 Å². The SMILES string of the molecule is CCN(CC(=O)Nc1ccc(NC(C)=O)cc1)S(=O)(=O)c1ccc(C)c2ncccc12. The zero-order valence-corrected chi connectivity index (χ0v) is 18.4. The fourth-order valence-electron chi connectivity index (χ4n) is 3.22. The van der Waals surface area contributed by atoms with E-state index in [0.717, 1.165) is 9.87 Å². The third kappa shape index (κ3) is 5.07. The van der Waals surface area contributed by atoms with Gasteiger partial charge in [0.2, 0.25) is 21.8 Å². The highest BCUT2D eigenvalue weighted by atomic mass is 32.2. The average molecular weight is 441 g/mol. The smallest absolute Gasteiger partial charge is 0.244 e. The lowest BCUT2D eigenvalue weighted by Crippen LogP contribution is -2.38. The first-order valence-corrected chi connectivity index (χ1v) is 11.2. The number of sulfonamides is 1. The van der Waals surface area contributed by atoms with E-state index in [1.807, 2.05) is 6.92 Å². The van der Waals surface area contributed by atoms with Crippen molar-refractivity contribution in [2.45, 2.75) is 25.7 Å². The third-order valence-corrected chi connectivity index (χ3v) is 6.69. The van der Waals surface area contributed by atoms with E-state index in [1.54, 1.807) is 61.7 Å². The fraction of sp³-hybridized carbons (Fsp3) is 0.227. The van der Waals surface area contributed by atoms with Crippen LogP contribution < -0.4 is 10.6 Å². The van der Waals surface area contributed by atoms with Crippen molar-refractivity contribution in [2.24, 2.45) is 0 Å². The number of nitrogens with zero attached hydrogens (tertiary/aromatic N) is 2. The minimum absolute atomic E-state index is 0.121. The van der Waals surface area contributed by atoms with Gasteiger partial charge in [-0.25, -0.2) is 8.42 Å². The number of rotatable bonds is 7. The molecule has 0 spiro atoms. The molecule has 0 radical (unpaired) electrons. The summed E-state index contributed by atoms with van der Waals surface area (Å²) in [5, 5.41) is 5.85. The summed E-state index contributed by atoms with van der Waals surface area (Å²) < 4.78 is 27.7. The molecule has 0 aliphatic carbocycles. The van der Waals surface area contributed by atoms with Crippen LogP contribution in [0.1, 0.15) is 19.4 Å². The van der Waals surface area contributed by atoms with Gasteiger partial charge in [-0.15, -0.1) is 0 Å². The van der Waals surface area contributed by atoms with Crippen molar-refractivity contribution < 1.29 is 18.0 Å². The molecule has 0 unspecified atom stereocenters. The number of aromatic nitrogens is 1. The molecule has 2 N–H and O–H groups in total. The molecule has 9 heteroatoms. The predicted molar refractivity (Wildman–Crippen MR) is 120 cm³/mol. The Hall–Kier alpha value is -3.30. The molecule has 0 atom stereocenters. The van der Waals surface area contributed by atoms with Gasteiger partial charge in [-0.05, 0) is 55.0 Å². The Morgan fingerprint density at radius 3 is 2.26 bits per heavy atom. The fourth-order valence-corrected chi connectivity index (χ4v) is 4.81. The van der Waals surface area contributed by atoms with E-state index in [-0.39, 0.29) is 23.9 Å². The molecule has 0 aliphatic heterocycles. The Kier molecular flexibility index (Phi) is 6.67. The van der Waals surface area contributed by atoms with Crippen LogP contribution in [-0.2, 0) is 19.6 Å². The van der Waals surface area contributed by atoms with Crippen molar-refractivity contribution in [2.75, 3.05) is 23.7 Å². The van der Waals surface area contributed by atoms with Crippen LogP contribution in [0.4, 0.5) is 11.4 Å². The number of carbonyl (C=O) groups is 2. The molecule has 2 amide bonds. The zero-order valence-electron chi connectivity index (χ0n) is 17.5. The van der Waals surface area contributed by atoms with Crippen LogP contribution in [0.15, 0.2) is 59.6 Å². The first kappa shape index (κ1) is 22.4. The Morgan fingerprint density at radius 1 is 1.00 bits per heavy atom. The van der Waals surface area contributed by atoms with Gasteiger partial charge in [0.05, 0.1) is 17.0 Å². The van der Waals surface area contributed by atoms with Gasteiger partial charge in [-0.3, -0.25) is 14.6 Å². The normalized spacial score (nSPS) is 11.5. The van der Waals surface area contributed by atoms with Gasteiger partial charge in [0.1, 0.15) is 0 Å². The number of fused-ring (bicyclic) bond motifs is 1. The third-order valence-electron chi connectivity index (χ3n) is 4.71. The molecule has 0 bridgehead atoms. The van der Waals surface area contributed by atoms with E-state index >= 15 is 0 Å². The number of aryl methyl sites for hydroxylation is 1. The largest absolute Gasteiger partial charge is 0.326 e. The molecule has 0 fully saturated rings. The molecule has 3 rings (SSSR count). The second kappa shape index (κ2) is 9.23. The maximum Gasteiger partial charge on any atom is 0.244 e. The standard InChI is InChI=1S/C22H24N4O4S/c1-4-26(14-21(28)25-18-10-8-17(9-11-18)24-16(3)27)31(29,30)20-12-7-15(2)22-19(20)6-5-13-23-22/h5-13H,4,14H2,1-3H3,(H,24,27)(H,25,28). The van der Waals surface area contributed by atoms with Crippen molar-refractivity contribution in [3.8, 4) is 0 Å². The van der Waals surface area contributed by atoms with Crippen LogP contribution in [0, 0.1) is 6.92 Å². The lowest BCUT2D eigenvalue weighted by atomic mass is 10.1. The maximum atomic E-state index is 13.3. The summed E-state index contributed by atoms with van der Waals surface area (Å²) in [6.45, 7) is 4.76. The molecule has 0 saturated carbocycles. The van der Waals surface area contributed by atoms with Crippen LogP contribution in [-0.4, -0.2) is 42.6 Å². The van der Waals surface area contributed by atoms with Gasteiger partial charge in [0.15, 0.2) is 0 Å². The molecule has 3 aromatic rings. The number of nitrogens with one attached hydrogen (secondary N) is 2. The minimum atomic E-state index is -3.92.